The van der Waals surface area contributed by atoms with Crippen LogP contribution >= 0.6 is 0 Å². The third-order valence-corrected chi connectivity index (χ3v) is 0.748. The molecular weight excluding hydrogens is 122 g/mol. The molecule has 0 saturated carbocycles. The average Bonchev–Trinajstić information content (AvgIpc) is 2.18. The molecule has 5 nitrogen and oxygen atoms in total. The lowest BCUT2D eigenvalue weighted by atomic mass is 11.0. The van der Waals surface area contributed by atoms with Crippen molar-refractivity contribution in [1.82, 2.24) is 9.71 Å². The second-order valence-corrected chi connectivity index (χ2v) is 1.27. The predicted octanol–water partition coefficient (Wildman–Crippen LogP) is 0.0877. The van der Waals surface area contributed by atoms with Gasteiger partial charge in [0.05, 0.1) is 12.4 Å². The van der Waals surface area contributed by atoms with E-state index in [0.29, 0.717) is 4.73 Å². The number of aliphatic imine (C=N–C) groups is 1. The maximum atomic E-state index is 9.57. The van der Waals surface area contributed by atoms with E-state index in [9.17, 15) is 4.79 Å². The number of carbonyl (C=O) groups excluding carboxylic acids is 1. The van der Waals surface area contributed by atoms with E-state index < -0.39 is 0 Å². The Morgan fingerprint density at radius 3 is 3.11 bits per heavy atom. The molecule has 0 aliphatic heterocycles. The molecule has 0 atom stereocenters. The molecule has 1 N–H and O–H groups in total. The van der Waals surface area contributed by atoms with Gasteiger partial charge in [-0.2, -0.15) is 4.73 Å². The lowest BCUT2D eigenvalue weighted by molar-refractivity contribution is 0.190. The third-order valence-electron chi connectivity index (χ3n) is 0.748. The van der Waals surface area contributed by atoms with Crippen LogP contribution in [-0.4, -0.2) is 21.0 Å². The van der Waals surface area contributed by atoms with Crippen LogP contribution in [0.2, 0.25) is 0 Å². The average molecular weight is 125 g/mol. The first-order chi connectivity index (χ1) is 4.34. The van der Waals surface area contributed by atoms with Gasteiger partial charge in [-0.1, -0.05) is 0 Å². The summed E-state index contributed by atoms with van der Waals surface area (Å²) in [6.07, 6.45) is 3.82. The highest BCUT2D eigenvalue weighted by Crippen LogP contribution is 2.02. The number of hydrogen-bond donors (Lipinski definition) is 1. The highest BCUT2D eigenvalue weighted by atomic mass is 16.5. The van der Waals surface area contributed by atoms with Crippen molar-refractivity contribution in [2.24, 2.45) is 4.99 Å². The molecule has 0 saturated heterocycles. The second kappa shape index (κ2) is 2.11. The van der Waals surface area contributed by atoms with Gasteiger partial charge in [0.15, 0.2) is 0 Å². The largest absolute Gasteiger partial charge is 0.425 e. The molecule has 1 aromatic heterocycles. The molecule has 0 bridgehead atoms. The molecule has 0 fully saturated rings. The number of aromatic nitrogens is 2. The van der Waals surface area contributed by atoms with Crippen molar-refractivity contribution < 1.29 is 10.0 Å². The third kappa shape index (κ3) is 0.949. The van der Waals surface area contributed by atoms with Crippen molar-refractivity contribution >= 4 is 12.0 Å². The maximum Gasteiger partial charge on any atom is 0.274 e. The van der Waals surface area contributed by atoms with Crippen molar-refractivity contribution in [1.29, 1.82) is 0 Å². The van der Waals surface area contributed by atoms with Gasteiger partial charge < -0.3 is 5.21 Å². The van der Waals surface area contributed by atoms with Crippen LogP contribution in [0, 0.1) is 0 Å². The fourth-order valence-corrected chi connectivity index (χ4v) is 0.410. The van der Waals surface area contributed by atoms with E-state index in [1.807, 2.05) is 0 Å². The molecule has 0 aromatic carbocycles. The van der Waals surface area contributed by atoms with Crippen LogP contribution in [-0.2, 0) is 4.79 Å². The lowest BCUT2D eigenvalue weighted by Gasteiger charge is -1.85. The van der Waals surface area contributed by atoms with Crippen molar-refractivity contribution in [2.75, 3.05) is 0 Å². The van der Waals surface area contributed by atoms with E-state index in [2.05, 4.69) is 9.98 Å². The minimum absolute atomic E-state index is 0.0648. The Morgan fingerprint density at radius 1 is 1.89 bits per heavy atom. The quantitative estimate of drug-likeness (QED) is 0.328. The molecule has 1 rings (SSSR count). The molecule has 46 valence electrons. The first kappa shape index (κ1) is 5.53. The molecule has 0 amide bonds. The smallest absolute Gasteiger partial charge is 0.274 e. The van der Waals surface area contributed by atoms with Gasteiger partial charge in [0, 0.05) is 0 Å². The van der Waals surface area contributed by atoms with Gasteiger partial charge in [-0.3, -0.25) is 0 Å². The Labute approximate surface area is 50.2 Å². The molecule has 0 unspecified atom stereocenters. The fraction of sp³-hybridized carbons (Fsp3) is 0. The Kier molecular flexibility index (Phi) is 1.29. The summed E-state index contributed by atoms with van der Waals surface area (Å²) in [6.45, 7) is 0. The molecule has 0 spiro atoms. The molecule has 1 aromatic rings. The highest BCUT2D eigenvalue weighted by molar-refractivity contribution is 5.40. The summed E-state index contributed by atoms with van der Waals surface area (Å²) >= 11 is 0. The lowest BCUT2D eigenvalue weighted by Crippen LogP contribution is -1.84. The van der Waals surface area contributed by atoms with Gasteiger partial charge in [0.2, 0.25) is 6.08 Å². The van der Waals surface area contributed by atoms with Crippen molar-refractivity contribution in [2.45, 2.75) is 0 Å². The van der Waals surface area contributed by atoms with Crippen LogP contribution in [0.15, 0.2) is 17.4 Å². The summed E-state index contributed by atoms with van der Waals surface area (Å²) in [6, 6.07) is 0. The zero-order chi connectivity index (χ0) is 6.69. The van der Waals surface area contributed by atoms with E-state index >= 15 is 0 Å². The van der Waals surface area contributed by atoms with Crippen LogP contribution in [0.3, 0.4) is 0 Å². The van der Waals surface area contributed by atoms with Gasteiger partial charge in [-0.15, -0.1) is 4.99 Å². The fourth-order valence-electron chi connectivity index (χ4n) is 0.410. The van der Waals surface area contributed by atoms with Gasteiger partial charge in [0.25, 0.3) is 5.95 Å². The summed E-state index contributed by atoms with van der Waals surface area (Å²) in [5.41, 5.74) is 0. The highest BCUT2D eigenvalue weighted by Gasteiger charge is 1.94. The summed E-state index contributed by atoms with van der Waals surface area (Å²) in [5, 5.41) is 8.66. The first-order valence-corrected chi connectivity index (χ1v) is 2.15. The first-order valence-electron chi connectivity index (χ1n) is 2.15. The number of imidazole rings is 1. The Morgan fingerprint density at radius 2 is 2.67 bits per heavy atom. The van der Waals surface area contributed by atoms with E-state index in [1.54, 1.807) is 0 Å². The topological polar surface area (TPSA) is 67.5 Å². The number of isocyanates is 1. The van der Waals surface area contributed by atoms with Gasteiger partial charge >= 0.3 is 0 Å². The van der Waals surface area contributed by atoms with E-state index in [-0.39, 0.29) is 5.95 Å². The molecule has 1 heterocycles. The normalized spacial score (nSPS) is 8.44. The SMILES string of the molecule is O=C=Nc1nccn1O. The summed E-state index contributed by atoms with van der Waals surface area (Å²) in [4.78, 5) is 16.1. The second-order valence-electron chi connectivity index (χ2n) is 1.27. The van der Waals surface area contributed by atoms with Crippen LogP contribution in [0.25, 0.3) is 0 Å². The molecule has 5 heteroatoms. The van der Waals surface area contributed by atoms with Crippen LogP contribution in [0.1, 0.15) is 0 Å². The van der Waals surface area contributed by atoms with Gasteiger partial charge in [-0.05, 0) is 0 Å². The predicted molar refractivity (Wildman–Crippen MR) is 27.2 cm³/mol. The molecule has 9 heavy (non-hydrogen) atoms. The standard InChI is InChI=1S/C4H3N3O2/c8-3-6-4-5-1-2-7(4)9/h1-2,9H. The summed E-state index contributed by atoms with van der Waals surface area (Å²) in [7, 11) is 0. The summed E-state index contributed by atoms with van der Waals surface area (Å²) in [5.74, 6) is -0.0648. The van der Waals surface area contributed by atoms with Crippen LogP contribution < -0.4 is 0 Å². The minimum Gasteiger partial charge on any atom is -0.425 e. The Bertz CT molecular complexity index is 248. The zero-order valence-corrected chi connectivity index (χ0v) is 4.35. The molecule has 0 radical (unpaired) electrons. The molecular formula is C4H3N3O2. The van der Waals surface area contributed by atoms with Crippen LogP contribution in [0.4, 0.5) is 5.95 Å². The van der Waals surface area contributed by atoms with Crippen molar-refractivity contribution in [3.8, 4) is 0 Å². The monoisotopic (exact) mass is 125 g/mol. The number of nitrogens with zero attached hydrogens (tertiary/aromatic N) is 3. The zero-order valence-electron chi connectivity index (χ0n) is 4.35. The molecule has 0 aliphatic rings. The minimum atomic E-state index is -0.0648. The van der Waals surface area contributed by atoms with Crippen molar-refractivity contribution in [3.05, 3.63) is 12.4 Å². The number of hydrogen-bond acceptors (Lipinski definition) is 4. The molecule has 0 aliphatic carbocycles. The Balaban J connectivity index is 3.07. The number of rotatable bonds is 1. The Hall–Kier alpha value is -1.61. The van der Waals surface area contributed by atoms with Gasteiger partial charge in [-0.25, -0.2) is 9.78 Å². The van der Waals surface area contributed by atoms with Gasteiger partial charge in [0.1, 0.15) is 0 Å². The van der Waals surface area contributed by atoms with Crippen molar-refractivity contribution in [3.63, 3.8) is 0 Å². The van der Waals surface area contributed by atoms with E-state index in [1.165, 1.54) is 18.5 Å². The van der Waals surface area contributed by atoms with Crippen LogP contribution in [0.5, 0.6) is 0 Å². The van der Waals surface area contributed by atoms with E-state index in [0.717, 1.165) is 0 Å². The maximum absolute atomic E-state index is 9.57. The summed E-state index contributed by atoms with van der Waals surface area (Å²) < 4.78 is 0.630. The van der Waals surface area contributed by atoms with E-state index in [4.69, 9.17) is 5.21 Å².